The fourth-order valence-corrected chi connectivity index (χ4v) is 3.45. The van der Waals surface area contributed by atoms with E-state index < -0.39 is 0 Å². The van der Waals surface area contributed by atoms with Gasteiger partial charge in [0.1, 0.15) is 12.4 Å². The van der Waals surface area contributed by atoms with Crippen LogP contribution in [0.2, 0.25) is 0 Å². The Morgan fingerprint density at radius 2 is 2.08 bits per heavy atom. The zero-order chi connectivity index (χ0) is 17.6. The average molecular weight is 413 g/mol. The summed E-state index contributed by atoms with van der Waals surface area (Å²) in [6, 6.07) is 15.0. The number of aliphatic imine (C=N–C) groups is 1. The Kier molecular flexibility index (Phi) is 5.59. The van der Waals surface area contributed by atoms with Crippen molar-refractivity contribution in [3.05, 3.63) is 63.5 Å². The standard InChI is InChI=1S/C19H13BrN2O2S/c1-2-10-24-16-9-8-13(11-15(16)20)12-17-18(23)22-19(25-17)21-14-6-4-3-5-7-14/h1,3-9,11-12H,10H2,(H,21,22,23)/b17-12-. The van der Waals surface area contributed by atoms with E-state index in [4.69, 9.17) is 11.2 Å². The van der Waals surface area contributed by atoms with Crippen molar-refractivity contribution in [3.8, 4) is 18.1 Å². The third kappa shape index (κ3) is 4.53. The molecule has 1 amide bonds. The lowest BCUT2D eigenvalue weighted by Crippen LogP contribution is -2.19. The second-order valence-electron chi connectivity index (χ2n) is 5.00. The molecule has 1 N–H and O–H groups in total. The predicted molar refractivity (Wildman–Crippen MR) is 106 cm³/mol. The second-order valence-corrected chi connectivity index (χ2v) is 6.88. The highest BCUT2D eigenvalue weighted by molar-refractivity contribution is 9.10. The minimum absolute atomic E-state index is 0.163. The van der Waals surface area contributed by atoms with Gasteiger partial charge in [0.05, 0.1) is 15.1 Å². The van der Waals surface area contributed by atoms with Gasteiger partial charge < -0.3 is 10.1 Å². The molecule has 4 nitrogen and oxygen atoms in total. The molecule has 3 rings (SSSR count). The Labute approximate surface area is 158 Å². The average Bonchev–Trinajstić information content (AvgIpc) is 2.94. The number of nitrogens with one attached hydrogen (secondary N) is 1. The van der Waals surface area contributed by atoms with Gasteiger partial charge in [0.2, 0.25) is 0 Å². The van der Waals surface area contributed by atoms with Gasteiger partial charge in [0, 0.05) is 0 Å². The van der Waals surface area contributed by atoms with E-state index in [1.807, 2.05) is 54.6 Å². The van der Waals surface area contributed by atoms with Crippen molar-refractivity contribution in [1.29, 1.82) is 0 Å². The molecule has 25 heavy (non-hydrogen) atoms. The number of amidine groups is 1. The Bertz CT molecular complexity index is 901. The number of carbonyl (C=O) groups is 1. The Hall–Kier alpha value is -2.49. The van der Waals surface area contributed by atoms with Crippen molar-refractivity contribution in [1.82, 2.24) is 5.32 Å². The zero-order valence-corrected chi connectivity index (χ0v) is 15.4. The molecule has 0 spiro atoms. The first-order chi connectivity index (χ1) is 12.2. The number of carbonyl (C=O) groups excluding carboxylic acids is 1. The molecule has 0 aromatic heterocycles. The lowest BCUT2D eigenvalue weighted by atomic mass is 10.2. The van der Waals surface area contributed by atoms with E-state index in [2.05, 4.69) is 32.2 Å². The molecular weight excluding hydrogens is 400 g/mol. The molecule has 0 unspecified atom stereocenters. The lowest BCUT2D eigenvalue weighted by Gasteiger charge is -2.05. The number of terminal acetylenes is 1. The van der Waals surface area contributed by atoms with Gasteiger partial charge in [-0.15, -0.1) is 6.42 Å². The number of benzene rings is 2. The first-order valence-corrected chi connectivity index (χ1v) is 8.97. The summed E-state index contributed by atoms with van der Waals surface area (Å²) in [5.74, 6) is 2.92. The molecule has 0 saturated carbocycles. The highest BCUT2D eigenvalue weighted by atomic mass is 79.9. The summed E-state index contributed by atoms with van der Waals surface area (Å²) in [7, 11) is 0. The largest absolute Gasteiger partial charge is 0.480 e. The molecule has 0 radical (unpaired) electrons. The van der Waals surface area contributed by atoms with Crippen LogP contribution < -0.4 is 10.1 Å². The minimum atomic E-state index is -0.163. The summed E-state index contributed by atoms with van der Waals surface area (Å²) in [4.78, 5) is 17.1. The normalized spacial score (nSPS) is 16.7. The predicted octanol–water partition coefficient (Wildman–Crippen LogP) is 4.35. The van der Waals surface area contributed by atoms with Crippen LogP contribution in [0.4, 0.5) is 5.69 Å². The van der Waals surface area contributed by atoms with E-state index in [0.717, 1.165) is 15.7 Å². The molecule has 1 saturated heterocycles. The van der Waals surface area contributed by atoms with E-state index in [-0.39, 0.29) is 12.5 Å². The highest BCUT2D eigenvalue weighted by Gasteiger charge is 2.23. The van der Waals surface area contributed by atoms with Crippen molar-refractivity contribution in [2.24, 2.45) is 4.99 Å². The molecule has 0 atom stereocenters. The smallest absolute Gasteiger partial charge is 0.264 e. The minimum Gasteiger partial charge on any atom is -0.480 e. The van der Waals surface area contributed by atoms with Crippen LogP contribution in [-0.2, 0) is 4.79 Å². The molecule has 124 valence electrons. The van der Waals surface area contributed by atoms with Crippen LogP contribution in [0.5, 0.6) is 5.75 Å². The first-order valence-electron chi connectivity index (χ1n) is 7.36. The molecular formula is C19H13BrN2O2S. The first kappa shape index (κ1) is 17.3. The molecule has 0 aliphatic carbocycles. The van der Waals surface area contributed by atoms with Crippen molar-refractivity contribution >= 4 is 50.5 Å². The third-order valence-corrected chi connectivity index (χ3v) is 4.73. The second kappa shape index (κ2) is 8.06. The summed E-state index contributed by atoms with van der Waals surface area (Å²) < 4.78 is 6.18. The van der Waals surface area contributed by atoms with E-state index in [1.165, 1.54) is 11.8 Å². The quantitative estimate of drug-likeness (QED) is 0.599. The van der Waals surface area contributed by atoms with Gasteiger partial charge in [-0.1, -0.05) is 30.2 Å². The summed E-state index contributed by atoms with van der Waals surface area (Å²) >= 11 is 4.75. The molecule has 1 heterocycles. The van der Waals surface area contributed by atoms with Crippen molar-refractivity contribution in [2.75, 3.05) is 6.61 Å². The van der Waals surface area contributed by atoms with Gasteiger partial charge in [0.25, 0.3) is 5.91 Å². The van der Waals surface area contributed by atoms with Crippen LogP contribution in [0.1, 0.15) is 5.56 Å². The van der Waals surface area contributed by atoms with Crippen molar-refractivity contribution < 1.29 is 9.53 Å². The van der Waals surface area contributed by atoms with Gasteiger partial charge in [-0.2, -0.15) is 0 Å². The van der Waals surface area contributed by atoms with Crippen LogP contribution >= 0.6 is 27.7 Å². The van der Waals surface area contributed by atoms with Crippen molar-refractivity contribution in [2.45, 2.75) is 0 Å². The molecule has 2 aromatic rings. The van der Waals surface area contributed by atoms with Crippen molar-refractivity contribution in [3.63, 3.8) is 0 Å². The maximum atomic E-state index is 12.1. The monoisotopic (exact) mass is 412 g/mol. The molecule has 2 aromatic carbocycles. The van der Waals surface area contributed by atoms with Gasteiger partial charge in [-0.3, -0.25) is 4.79 Å². The van der Waals surface area contributed by atoms with Crippen LogP contribution in [0.3, 0.4) is 0 Å². The Morgan fingerprint density at radius 3 is 2.80 bits per heavy atom. The lowest BCUT2D eigenvalue weighted by molar-refractivity contribution is -0.115. The topological polar surface area (TPSA) is 50.7 Å². The molecule has 0 bridgehead atoms. The summed E-state index contributed by atoms with van der Waals surface area (Å²) in [6.07, 6.45) is 7.00. The van der Waals surface area contributed by atoms with Crippen LogP contribution in [0.25, 0.3) is 6.08 Å². The molecule has 1 aliphatic rings. The van der Waals surface area contributed by atoms with E-state index in [0.29, 0.717) is 15.8 Å². The maximum absolute atomic E-state index is 12.1. The summed E-state index contributed by atoms with van der Waals surface area (Å²) in [6.45, 7) is 0.205. The molecule has 6 heteroatoms. The number of rotatable bonds is 4. The fourth-order valence-electron chi connectivity index (χ4n) is 2.10. The summed E-state index contributed by atoms with van der Waals surface area (Å²) in [5.41, 5.74) is 1.67. The number of halogens is 1. The van der Waals surface area contributed by atoms with Crippen LogP contribution in [-0.4, -0.2) is 17.7 Å². The van der Waals surface area contributed by atoms with Gasteiger partial charge in [-0.05, 0) is 63.6 Å². The number of hydrogen-bond donors (Lipinski definition) is 1. The Morgan fingerprint density at radius 1 is 1.28 bits per heavy atom. The summed E-state index contributed by atoms with van der Waals surface area (Å²) in [5, 5.41) is 3.34. The molecule has 1 fully saturated rings. The van der Waals surface area contributed by atoms with Crippen LogP contribution in [0.15, 0.2) is 62.9 Å². The van der Waals surface area contributed by atoms with Gasteiger partial charge >= 0.3 is 0 Å². The van der Waals surface area contributed by atoms with Gasteiger partial charge in [0.15, 0.2) is 5.17 Å². The number of thioether (sulfide) groups is 1. The van der Waals surface area contributed by atoms with E-state index in [9.17, 15) is 4.79 Å². The zero-order valence-electron chi connectivity index (χ0n) is 13.0. The van der Waals surface area contributed by atoms with Crippen LogP contribution in [0, 0.1) is 12.3 Å². The highest BCUT2D eigenvalue weighted by Crippen LogP contribution is 2.31. The number of ether oxygens (including phenoxy) is 1. The number of para-hydroxylation sites is 1. The van der Waals surface area contributed by atoms with Gasteiger partial charge in [-0.25, -0.2) is 4.99 Å². The fraction of sp³-hybridized carbons (Fsp3) is 0.0526. The SMILES string of the molecule is C#CCOc1ccc(/C=C2\SC(=Nc3ccccc3)NC2=O)cc1Br. The third-order valence-electron chi connectivity index (χ3n) is 3.20. The van der Waals surface area contributed by atoms with E-state index in [1.54, 1.807) is 0 Å². The maximum Gasteiger partial charge on any atom is 0.264 e. The van der Waals surface area contributed by atoms with E-state index >= 15 is 0 Å². The number of hydrogen-bond acceptors (Lipinski definition) is 4. The molecule has 1 aliphatic heterocycles. The Balaban J connectivity index is 1.78. The number of nitrogens with zero attached hydrogens (tertiary/aromatic N) is 1. The number of amides is 1.